The van der Waals surface area contributed by atoms with Gasteiger partial charge in [-0.3, -0.25) is 9.78 Å². The monoisotopic (exact) mass is 287 g/mol. The van der Waals surface area contributed by atoms with Gasteiger partial charge in [-0.2, -0.15) is 0 Å². The van der Waals surface area contributed by atoms with Crippen LogP contribution in [0, 0.1) is 18.8 Å². The summed E-state index contributed by atoms with van der Waals surface area (Å²) in [5.74, 6) is 5.01. The first kappa shape index (κ1) is 14.2. The van der Waals surface area contributed by atoms with E-state index in [0.717, 1.165) is 9.88 Å². The van der Waals surface area contributed by atoms with Crippen molar-refractivity contribution < 1.29 is 9.90 Å². The van der Waals surface area contributed by atoms with Gasteiger partial charge in [0.05, 0.1) is 12.1 Å². The van der Waals surface area contributed by atoms with Crippen LogP contribution in [0.5, 0.6) is 0 Å². The highest BCUT2D eigenvalue weighted by Gasteiger charge is 2.07. The van der Waals surface area contributed by atoms with Crippen molar-refractivity contribution in [3.05, 3.63) is 45.7 Å². The fraction of sp³-hybridized carbons (Fsp3) is 0.214. The van der Waals surface area contributed by atoms with Crippen molar-refractivity contribution in [3.8, 4) is 11.8 Å². The summed E-state index contributed by atoms with van der Waals surface area (Å²) in [4.78, 5) is 21.2. The molecule has 0 saturated carbocycles. The molecule has 0 spiro atoms. The lowest BCUT2D eigenvalue weighted by Gasteiger charge is -2.03. The molecule has 1 amide bonds. The number of aliphatic hydroxyl groups is 1. The van der Waals surface area contributed by atoms with Gasteiger partial charge < -0.3 is 10.4 Å². The molecule has 2 rings (SSSR count). The van der Waals surface area contributed by atoms with E-state index >= 15 is 0 Å². The van der Waals surface area contributed by atoms with E-state index in [9.17, 15) is 4.79 Å². The van der Waals surface area contributed by atoms with Crippen LogP contribution < -0.4 is 5.32 Å². The lowest BCUT2D eigenvalue weighted by Crippen LogP contribution is -2.22. The molecule has 2 heterocycles. The number of hydrogen-bond donors (Lipinski definition) is 2. The molecule has 6 heteroatoms. The predicted octanol–water partition coefficient (Wildman–Crippen LogP) is 1.12. The number of amides is 1. The molecule has 102 valence electrons. The van der Waals surface area contributed by atoms with Crippen LogP contribution in [0.4, 0.5) is 0 Å². The first-order valence-electron chi connectivity index (χ1n) is 5.93. The normalized spacial score (nSPS) is 9.70. The fourth-order valence-electron chi connectivity index (χ4n) is 1.52. The maximum Gasteiger partial charge on any atom is 0.253 e. The average Bonchev–Trinajstić information content (AvgIpc) is 2.88. The Bertz CT molecular complexity index is 670. The van der Waals surface area contributed by atoms with Crippen LogP contribution in [0.15, 0.2) is 24.7 Å². The molecule has 20 heavy (non-hydrogen) atoms. The number of aliphatic hydroxyl groups excluding tert-OH is 1. The Hall–Kier alpha value is -2.23. The van der Waals surface area contributed by atoms with Gasteiger partial charge in [-0.15, -0.1) is 11.3 Å². The van der Waals surface area contributed by atoms with E-state index in [0.29, 0.717) is 17.7 Å². The summed E-state index contributed by atoms with van der Waals surface area (Å²) < 4.78 is 0. The molecule has 0 radical (unpaired) electrons. The zero-order chi connectivity index (χ0) is 14.4. The predicted molar refractivity (Wildman–Crippen MR) is 76.2 cm³/mol. The molecule has 0 saturated heterocycles. The van der Waals surface area contributed by atoms with Crippen LogP contribution >= 0.6 is 11.3 Å². The van der Waals surface area contributed by atoms with E-state index in [1.54, 1.807) is 29.8 Å². The lowest BCUT2D eigenvalue weighted by atomic mass is 10.2. The number of aromatic nitrogens is 2. The lowest BCUT2D eigenvalue weighted by molar-refractivity contribution is 0.0950. The van der Waals surface area contributed by atoms with Crippen LogP contribution in [0.1, 0.15) is 25.8 Å². The molecular formula is C14H13N3O2S. The molecule has 2 aromatic heterocycles. The number of pyridine rings is 1. The number of thiazole rings is 1. The van der Waals surface area contributed by atoms with Gasteiger partial charge in [-0.05, 0) is 13.0 Å². The number of rotatable bonds is 3. The number of aryl methyl sites for hydroxylation is 1. The summed E-state index contributed by atoms with van der Waals surface area (Å²) in [6.45, 7) is 2.14. The SMILES string of the molecule is Cc1cnc(CNC(=O)c2cncc(C#CCO)c2)s1. The van der Waals surface area contributed by atoms with E-state index in [1.807, 2.05) is 6.92 Å². The summed E-state index contributed by atoms with van der Waals surface area (Å²) in [6.07, 6.45) is 4.80. The summed E-state index contributed by atoms with van der Waals surface area (Å²) in [5.41, 5.74) is 1.03. The molecule has 5 nitrogen and oxygen atoms in total. The third-order valence-corrected chi connectivity index (χ3v) is 3.29. The molecule has 0 aliphatic carbocycles. The van der Waals surface area contributed by atoms with Gasteiger partial charge in [-0.25, -0.2) is 4.98 Å². The van der Waals surface area contributed by atoms with Gasteiger partial charge in [0.1, 0.15) is 11.6 Å². The summed E-state index contributed by atoms with van der Waals surface area (Å²) in [6, 6.07) is 1.64. The highest BCUT2D eigenvalue weighted by molar-refractivity contribution is 7.11. The maximum atomic E-state index is 12.0. The largest absolute Gasteiger partial charge is 0.384 e. The quantitative estimate of drug-likeness (QED) is 0.830. The van der Waals surface area contributed by atoms with Crippen molar-refractivity contribution in [2.45, 2.75) is 13.5 Å². The number of nitrogens with zero attached hydrogens (tertiary/aromatic N) is 2. The zero-order valence-electron chi connectivity index (χ0n) is 10.9. The molecule has 0 fully saturated rings. The van der Waals surface area contributed by atoms with E-state index in [-0.39, 0.29) is 12.5 Å². The van der Waals surface area contributed by atoms with Gasteiger partial charge in [-0.1, -0.05) is 11.8 Å². The second-order valence-electron chi connectivity index (χ2n) is 3.97. The van der Waals surface area contributed by atoms with Crippen LogP contribution in [0.2, 0.25) is 0 Å². The Morgan fingerprint density at radius 1 is 1.45 bits per heavy atom. The van der Waals surface area contributed by atoms with Crippen molar-refractivity contribution in [2.24, 2.45) is 0 Å². The first-order chi connectivity index (χ1) is 9.69. The first-order valence-corrected chi connectivity index (χ1v) is 6.75. The van der Waals surface area contributed by atoms with Gasteiger partial charge in [0.2, 0.25) is 0 Å². The van der Waals surface area contributed by atoms with Gasteiger partial charge in [0, 0.05) is 29.0 Å². The van der Waals surface area contributed by atoms with Crippen molar-refractivity contribution in [1.29, 1.82) is 0 Å². The van der Waals surface area contributed by atoms with Gasteiger partial charge in [0.15, 0.2) is 0 Å². The van der Waals surface area contributed by atoms with Crippen molar-refractivity contribution in [2.75, 3.05) is 6.61 Å². The number of carbonyl (C=O) groups is 1. The smallest absolute Gasteiger partial charge is 0.253 e. The second-order valence-corrected chi connectivity index (χ2v) is 5.29. The van der Waals surface area contributed by atoms with Crippen LogP contribution in [-0.4, -0.2) is 27.6 Å². The van der Waals surface area contributed by atoms with E-state index in [2.05, 4.69) is 27.1 Å². The molecule has 0 aliphatic rings. The number of hydrogen-bond acceptors (Lipinski definition) is 5. The van der Waals surface area contributed by atoms with Crippen molar-refractivity contribution in [3.63, 3.8) is 0 Å². The summed E-state index contributed by atoms with van der Waals surface area (Å²) in [7, 11) is 0. The summed E-state index contributed by atoms with van der Waals surface area (Å²) >= 11 is 1.55. The summed E-state index contributed by atoms with van der Waals surface area (Å²) in [5, 5.41) is 12.3. The molecule has 0 aliphatic heterocycles. The fourth-order valence-corrected chi connectivity index (χ4v) is 2.24. The van der Waals surface area contributed by atoms with Crippen molar-refractivity contribution >= 4 is 17.2 Å². The third-order valence-electron chi connectivity index (χ3n) is 2.38. The van der Waals surface area contributed by atoms with E-state index in [4.69, 9.17) is 5.11 Å². The van der Waals surface area contributed by atoms with Crippen LogP contribution in [0.25, 0.3) is 0 Å². The van der Waals surface area contributed by atoms with Gasteiger partial charge >= 0.3 is 0 Å². The van der Waals surface area contributed by atoms with E-state index < -0.39 is 0 Å². The molecular weight excluding hydrogens is 274 g/mol. The minimum atomic E-state index is -0.224. The number of carbonyl (C=O) groups excluding carboxylic acids is 1. The highest BCUT2D eigenvalue weighted by Crippen LogP contribution is 2.10. The van der Waals surface area contributed by atoms with Crippen molar-refractivity contribution in [1.82, 2.24) is 15.3 Å². The molecule has 0 atom stereocenters. The standard InChI is InChI=1S/C14H13N3O2S/c1-10-6-16-13(20-10)9-17-14(19)12-5-11(3-2-4-18)7-15-8-12/h5-8,18H,4,9H2,1H3,(H,17,19). The minimum absolute atomic E-state index is 0.222. The Morgan fingerprint density at radius 2 is 2.30 bits per heavy atom. The number of nitrogens with one attached hydrogen (secondary N) is 1. The maximum absolute atomic E-state index is 12.0. The molecule has 0 unspecified atom stereocenters. The Labute approximate surface area is 120 Å². The average molecular weight is 287 g/mol. The Morgan fingerprint density at radius 3 is 3.00 bits per heavy atom. The molecule has 0 aromatic carbocycles. The van der Waals surface area contributed by atoms with Gasteiger partial charge in [0.25, 0.3) is 5.91 Å². The van der Waals surface area contributed by atoms with E-state index in [1.165, 1.54) is 6.20 Å². The highest BCUT2D eigenvalue weighted by atomic mass is 32.1. The Kier molecular flexibility index (Phi) is 4.82. The molecule has 2 aromatic rings. The van der Waals surface area contributed by atoms with Crippen LogP contribution in [-0.2, 0) is 6.54 Å². The second kappa shape index (κ2) is 6.80. The molecule has 2 N–H and O–H groups in total. The Balaban J connectivity index is 2.01. The zero-order valence-corrected chi connectivity index (χ0v) is 11.7. The molecule has 0 bridgehead atoms. The van der Waals surface area contributed by atoms with Crippen LogP contribution in [0.3, 0.4) is 0 Å². The third kappa shape index (κ3) is 3.88. The minimum Gasteiger partial charge on any atom is -0.384 e. The topological polar surface area (TPSA) is 75.1 Å².